The lowest BCUT2D eigenvalue weighted by Crippen LogP contribution is -2.05. The number of hydrogen-bond acceptors (Lipinski definition) is 2. The van der Waals surface area contributed by atoms with Crippen LogP contribution in [0.1, 0.15) is 22.3 Å². The molecule has 0 fully saturated rings. The topological polar surface area (TPSA) is 26.3 Å². The maximum atomic E-state index is 12.1. The van der Waals surface area contributed by atoms with Gasteiger partial charge in [-0.1, -0.05) is 52.3 Å². The summed E-state index contributed by atoms with van der Waals surface area (Å²) in [6.45, 7) is 4.01. The summed E-state index contributed by atoms with van der Waals surface area (Å²) in [6.07, 6.45) is 1.86. The van der Waals surface area contributed by atoms with E-state index in [-0.39, 0.29) is 5.97 Å². The molecule has 0 spiro atoms. The Balaban J connectivity index is 2.58. The van der Waals surface area contributed by atoms with Crippen molar-refractivity contribution in [3.05, 3.63) is 69.2 Å². The van der Waals surface area contributed by atoms with Gasteiger partial charge in [-0.2, -0.15) is 0 Å². The lowest BCUT2D eigenvalue weighted by atomic mass is 9.98. The second kappa shape index (κ2) is 6.72. The third-order valence-electron chi connectivity index (χ3n) is 3.30. The van der Waals surface area contributed by atoms with Crippen LogP contribution in [0.15, 0.2) is 46.9 Å². The van der Waals surface area contributed by atoms with E-state index in [2.05, 4.69) is 15.9 Å². The zero-order valence-electron chi connectivity index (χ0n) is 12.3. The summed E-state index contributed by atoms with van der Waals surface area (Å²) in [4.78, 5) is 12.1. The highest BCUT2D eigenvalue weighted by Crippen LogP contribution is 2.27. The fourth-order valence-electron chi connectivity index (χ4n) is 2.14. The zero-order valence-corrected chi connectivity index (χ0v) is 13.9. The summed E-state index contributed by atoms with van der Waals surface area (Å²) < 4.78 is 5.89. The molecule has 3 heteroatoms. The molecule has 108 valence electrons. The summed E-state index contributed by atoms with van der Waals surface area (Å²) in [6, 6.07) is 13.8. The molecular weight excluding hydrogens is 328 g/mol. The lowest BCUT2D eigenvalue weighted by molar-refractivity contribution is -0.133. The molecule has 21 heavy (non-hydrogen) atoms. The van der Waals surface area contributed by atoms with Gasteiger partial charge in [0.05, 0.1) is 12.7 Å². The molecule has 0 aliphatic rings. The minimum absolute atomic E-state index is 0.336. The maximum absolute atomic E-state index is 12.1. The predicted molar refractivity (Wildman–Crippen MR) is 89.9 cm³/mol. The van der Waals surface area contributed by atoms with Gasteiger partial charge in [-0.15, -0.1) is 0 Å². The second-order valence-corrected chi connectivity index (χ2v) is 5.74. The molecule has 0 aromatic heterocycles. The van der Waals surface area contributed by atoms with Gasteiger partial charge >= 0.3 is 5.97 Å². The van der Waals surface area contributed by atoms with Crippen LogP contribution in [0.2, 0.25) is 0 Å². The summed E-state index contributed by atoms with van der Waals surface area (Å²) in [5.41, 5.74) is 4.59. The zero-order chi connectivity index (χ0) is 15.4. The number of aryl methyl sites for hydroxylation is 2. The first-order chi connectivity index (χ1) is 10.0. The molecule has 2 nitrogen and oxygen atoms in total. The molecule has 0 aliphatic heterocycles. The van der Waals surface area contributed by atoms with Crippen molar-refractivity contribution in [2.75, 3.05) is 7.11 Å². The Morgan fingerprint density at radius 3 is 2.48 bits per heavy atom. The summed E-state index contributed by atoms with van der Waals surface area (Å²) >= 11 is 3.54. The van der Waals surface area contributed by atoms with Crippen molar-refractivity contribution in [3.8, 4) is 0 Å². The number of ether oxygens (including phenoxy) is 1. The van der Waals surface area contributed by atoms with E-state index in [0.717, 1.165) is 26.7 Å². The molecule has 2 aromatic carbocycles. The van der Waals surface area contributed by atoms with E-state index >= 15 is 0 Å². The molecule has 0 atom stereocenters. The predicted octanol–water partition coefficient (Wildman–Crippen LogP) is 4.78. The highest BCUT2D eigenvalue weighted by Gasteiger charge is 2.15. The first-order valence-corrected chi connectivity index (χ1v) is 7.44. The van der Waals surface area contributed by atoms with Gasteiger partial charge in [0.25, 0.3) is 0 Å². The van der Waals surface area contributed by atoms with Crippen LogP contribution in [0.4, 0.5) is 0 Å². The second-order valence-electron chi connectivity index (χ2n) is 4.89. The molecule has 0 saturated carbocycles. The third-order valence-corrected chi connectivity index (χ3v) is 3.98. The van der Waals surface area contributed by atoms with Gasteiger partial charge < -0.3 is 4.74 Å². The standard InChI is InChI=1S/C18H17BrO2/c1-12-8-9-14(17(19)10-12)11-16(18(20)21-3)15-7-5-4-6-13(15)2/h4-11H,1-3H3/b16-11+. The molecule has 0 amide bonds. The Kier molecular flexibility index (Phi) is 4.97. The SMILES string of the molecule is COC(=O)/C(=C/c1ccc(C)cc1Br)c1ccccc1C. The third kappa shape index (κ3) is 3.61. The van der Waals surface area contributed by atoms with E-state index in [1.54, 1.807) is 0 Å². The number of hydrogen-bond donors (Lipinski definition) is 0. The monoisotopic (exact) mass is 344 g/mol. The summed E-state index contributed by atoms with van der Waals surface area (Å²) in [7, 11) is 1.40. The van der Waals surface area contributed by atoms with Crippen LogP contribution in [0.25, 0.3) is 11.6 Å². The first kappa shape index (κ1) is 15.5. The van der Waals surface area contributed by atoms with Crippen LogP contribution >= 0.6 is 15.9 Å². The molecule has 0 aliphatic carbocycles. The molecule has 2 rings (SSSR count). The molecule has 0 N–H and O–H groups in total. The quantitative estimate of drug-likeness (QED) is 0.455. The van der Waals surface area contributed by atoms with Crippen LogP contribution < -0.4 is 0 Å². The molecular formula is C18H17BrO2. The number of esters is 1. The largest absolute Gasteiger partial charge is 0.465 e. The average molecular weight is 345 g/mol. The summed E-state index contributed by atoms with van der Waals surface area (Å²) in [5, 5.41) is 0. The number of benzene rings is 2. The maximum Gasteiger partial charge on any atom is 0.338 e. The fourth-order valence-corrected chi connectivity index (χ4v) is 2.74. The number of rotatable bonds is 3. The van der Waals surface area contributed by atoms with Crippen molar-refractivity contribution in [2.24, 2.45) is 0 Å². The van der Waals surface area contributed by atoms with E-state index in [4.69, 9.17) is 4.74 Å². The van der Waals surface area contributed by atoms with Gasteiger partial charge in [0.2, 0.25) is 0 Å². The van der Waals surface area contributed by atoms with Crippen LogP contribution in [0.5, 0.6) is 0 Å². The number of carbonyl (C=O) groups excluding carboxylic acids is 1. The van der Waals surface area contributed by atoms with Gasteiger partial charge in [-0.3, -0.25) is 0 Å². The normalized spacial score (nSPS) is 11.3. The van der Waals surface area contributed by atoms with Crippen molar-refractivity contribution in [1.82, 2.24) is 0 Å². The first-order valence-electron chi connectivity index (χ1n) is 6.65. The van der Waals surface area contributed by atoms with E-state index in [1.165, 1.54) is 7.11 Å². The van der Waals surface area contributed by atoms with Crippen molar-refractivity contribution >= 4 is 33.5 Å². The van der Waals surface area contributed by atoms with E-state index in [1.807, 2.05) is 62.4 Å². The molecule has 0 heterocycles. The fraction of sp³-hybridized carbons (Fsp3) is 0.167. The Labute approximate surface area is 133 Å². The number of methoxy groups -OCH3 is 1. The summed E-state index contributed by atoms with van der Waals surface area (Å²) in [5.74, 6) is -0.336. The minimum atomic E-state index is -0.336. The van der Waals surface area contributed by atoms with Gasteiger partial charge in [-0.25, -0.2) is 4.79 Å². The van der Waals surface area contributed by atoms with E-state index < -0.39 is 0 Å². The molecule has 0 radical (unpaired) electrons. The Morgan fingerprint density at radius 1 is 1.14 bits per heavy atom. The van der Waals surface area contributed by atoms with Crippen LogP contribution in [-0.4, -0.2) is 13.1 Å². The van der Waals surface area contributed by atoms with Crippen LogP contribution in [0.3, 0.4) is 0 Å². The van der Waals surface area contributed by atoms with Crippen molar-refractivity contribution in [2.45, 2.75) is 13.8 Å². The van der Waals surface area contributed by atoms with Gasteiger partial charge in [0.15, 0.2) is 0 Å². The minimum Gasteiger partial charge on any atom is -0.465 e. The Hall–Kier alpha value is -1.87. The molecule has 2 aromatic rings. The molecule has 0 unspecified atom stereocenters. The number of carbonyl (C=O) groups is 1. The Bertz CT molecular complexity index is 702. The van der Waals surface area contributed by atoms with Gasteiger partial charge in [0.1, 0.15) is 0 Å². The number of halogens is 1. The van der Waals surface area contributed by atoms with Crippen molar-refractivity contribution in [3.63, 3.8) is 0 Å². The van der Waals surface area contributed by atoms with Gasteiger partial charge in [-0.05, 0) is 48.2 Å². The van der Waals surface area contributed by atoms with Crippen molar-refractivity contribution in [1.29, 1.82) is 0 Å². The van der Waals surface area contributed by atoms with E-state index in [9.17, 15) is 4.79 Å². The van der Waals surface area contributed by atoms with Crippen LogP contribution in [-0.2, 0) is 9.53 Å². The highest BCUT2D eigenvalue weighted by molar-refractivity contribution is 9.10. The average Bonchev–Trinajstić information content (AvgIpc) is 2.47. The molecule has 0 saturated heterocycles. The van der Waals surface area contributed by atoms with Crippen molar-refractivity contribution < 1.29 is 9.53 Å². The lowest BCUT2D eigenvalue weighted by Gasteiger charge is -2.10. The molecule has 0 bridgehead atoms. The van der Waals surface area contributed by atoms with Crippen LogP contribution in [0, 0.1) is 13.8 Å². The van der Waals surface area contributed by atoms with Gasteiger partial charge in [0, 0.05) is 4.47 Å². The smallest absolute Gasteiger partial charge is 0.338 e. The van der Waals surface area contributed by atoms with E-state index in [0.29, 0.717) is 5.57 Å². The highest BCUT2D eigenvalue weighted by atomic mass is 79.9. The Morgan fingerprint density at radius 2 is 1.86 bits per heavy atom.